The number of rotatable bonds is 6. The van der Waals surface area contributed by atoms with Gasteiger partial charge in [0.1, 0.15) is 17.6 Å². The predicted molar refractivity (Wildman–Crippen MR) is 106 cm³/mol. The Morgan fingerprint density at radius 3 is 2.65 bits per heavy atom. The molecule has 1 unspecified atom stereocenters. The van der Waals surface area contributed by atoms with E-state index in [-0.39, 0.29) is 11.9 Å². The van der Waals surface area contributed by atoms with Crippen LogP contribution in [-0.2, 0) is 6.42 Å². The van der Waals surface area contributed by atoms with Crippen LogP contribution in [0.2, 0.25) is 0 Å². The molecule has 1 atom stereocenters. The molecular weight excluding hydrogens is 326 g/mol. The molecule has 0 aromatic heterocycles. The van der Waals surface area contributed by atoms with Crippen LogP contribution >= 0.6 is 0 Å². The maximum Gasteiger partial charge on any atom is 0.185 e. The van der Waals surface area contributed by atoms with E-state index in [0.29, 0.717) is 12.2 Å². The molecule has 0 aliphatic carbocycles. The zero-order valence-electron chi connectivity index (χ0n) is 15.8. The number of ether oxygens (including phenoxy) is 2. The summed E-state index contributed by atoms with van der Waals surface area (Å²) in [7, 11) is 3.95. The van der Waals surface area contributed by atoms with Crippen LogP contribution in [-0.4, -0.2) is 32.6 Å². The van der Waals surface area contributed by atoms with Crippen LogP contribution in [0.25, 0.3) is 6.08 Å². The molecule has 4 heteroatoms. The number of anilines is 1. The summed E-state index contributed by atoms with van der Waals surface area (Å²) in [5.41, 5.74) is 3.74. The predicted octanol–water partition coefficient (Wildman–Crippen LogP) is 4.37. The van der Waals surface area contributed by atoms with Crippen LogP contribution in [0.15, 0.2) is 42.5 Å². The highest BCUT2D eigenvalue weighted by molar-refractivity contribution is 6.07. The van der Waals surface area contributed by atoms with E-state index in [4.69, 9.17) is 9.47 Å². The molecule has 1 heterocycles. The van der Waals surface area contributed by atoms with Crippen molar-refractivity contribution in [3.05, 3.63) is 59.2 Å². The Labute approximate surface area is 155 Å². The number of allylic oxidation sites excluding steroid dienone is 1. The molecule has 136 valence electrons. The van der Waals surface area contributed by atoms with Gasteiger partial charge in [-0.05, 0) is 62.4 Å². The van der Waals surface area contributed by atoms with E-state index in [9.17, 15) is 4.79 Å². The monoisotopic (exact) mass is 351 g/mol. The Hall–Kier alpha value is -2.75. The summed E-state index contributed by atoms with van der Waals surface area (Å²) < 4.78 is 11.6. The van der Waals surface area contributed by atoms with Gasteiger partial charge < -0.3 is 14.4 Å². The normalized spacial score (nSPS) is 15.6. The lowest BCUT2D eigenvalue weighted by Crippen LogP contribution is -2.08. The number of ketones is 1. The van der Waals surface area contributed by atoms with E-state index in [1.165, 1.54) is 0 Å². The van der Waals surface area contributed by atoms with Gasteiger partial charge in [0.05, 0.1) is 6.61 Å². The van der Waals surface area contributed by atoms with Crippen LogP contribution in [0.3, 0.4) is 0 Å². The van der Waals surface area contributed by atoms with Gasteiger partial charge in [-0.1, -0.05) is 0 Å². The molecule has 0 fully saturated rings. The molecule has 2 aromatic carbocycles. The summed E-state index contributed by atoms with van der Waals surface area (Å²) in [5, 5.41) is 0. The fraction of sp³-hybridized carbons (Fsp3) is 0.318. The Morgan fingerprint density at radius 2 is 2.00 bits per heavy atom. The number of carbonyl (C=O) groups is 1. The zero-order valence-corrected chi connectivity index (χ0v) is 15.8. The van der Waals surface area contributed by atoms with Crippen molar-refractivity contribution in [2.45, 2.75) is 26.4 Å². The maximum absolute atomic E-state index is 12.5. The number of nitrogens with zero attached hydrogens (tertiary/aromatic N) is 1. The SMILES string of the molecule is CCOc1cc2c(cc1/C=C/C(=O)c1ccc(N(C)C)cc1)OC(C)C2. The summed E-state index contributed by atoms with van der Waals surface area (Å²) in [6.07, 6.45) is 4.46. The van der Waals surface area contributed by atoms with Gasteiger partial charge in [-0.15, -0.1) is 0 Å². The van der Waals surface area contributed by atoms with E-state index in [1.54, 1.807) is 12.2 Å². The van der Waals surface area contributed by atoms with Crippen LogP contribution in [0.5, 0.6) is 11.5 Å². The van der Waals surface area contributed by atoms with Crippen LogP contribution in [0.4, 0.5) is 5.69 Å². The molecule has 2 aromatic rings. The van der Waals surface area contributed by atoms with Crippen LogP contribution in [0, 0.1) is 0 Å². The van der Waals surface area contributed by atoms with E-state index in [2.05, 4.69) is 6.92 Å². The molecule has 0 spiro atoms. The Balaban J connectivity index is 1.83. The van der Waals surface area contributed by atoms with Crippen molar-refractivity contribution in [1.82, 2.24) is 0 Å². The van der Waals surface area contributed by atoms with E-state index in [1.807, 2.05) is 62.3 Å². The lowest BCUT2D eigenvalue weighted by molar-refractivity contribution is 0.104. The minimum Gasteiger partial charge on any atom is -0.493 e. The average molecular weight is 351 g/mol. The highest BCUT2D eigenvalue weighted by atomic mass is 16.5. The summed E-state index contributed by atoms with van der Waals surface area (Å²) >= 11 is 0. The second-order valence-electron chi connectivity index (χ2n) is 6.70. The minimum atomic E-state index is -0.0347. The molecule has 1 aliphatic rings. The Bertz CT molecular complexity index is 822. The van der Waals surface area contributed by atoms with Gasteiger partial charge >= 0.3 is 0 Å². The lowest BCUT2D eigenvalue weighted by Gasteiger charge is -2.12. The molecule has 26 heavy (non-hydrogen) atoms. The quantitative estimate of drug-likeness (QED) is 0.572. The maximum atomic E-state index is 12.5. The van der Waals surface area contributed by atoms with Crippen molar-refractivity contribution in [2.24, 2.45) is 0 Å². The molecule has 0 amide bonds. The second kappa shape index (κ2) is 7.65. The molecule has 0 N–H and O–H groups in total. The van der Waals surface area contributed by atoms with Crippen molar-refractivity contribution in [2.75, 3.05) is 25.6 Å². The number of carbonyl (C=O) groups excluding carboxylic acids is 1. The Kier molecular flexibility index (Phi) is 5.31. The fourth-order valence-corrected chi connectivity index (χ4v) is 3.05. The molecule has 4 nitrogen and oxygen atoms in total. The van der Waals surface area contributed by atoms with Gasteiger partial charge in [-0.25, -0.2) is 0 Å². The zero-order chi connectivity index (χ0) is 18.7. The minimum absolute atomic E-state index is 0.0347. The van der Waals surface area contributed by atoms with Gasteiger partial charge in [0.25, 0.3) is 0 Å². The smallest absolute Gasteiger partial charge is 0.185 e. The first-order valence-electron chi connectivity index (χ1n) is 8.94. The van der Waals surface area contributed by atoms with E-state index in [0.717, 1.165) is 34.7 Å². The topological polar surface area (TPSA) is 38.8 Å². The first-order chi connectivity index (χ1) is 12.5. The van der Waals surface area contributed by atoms with Crippen molar-refractivity contribution in [3.8, 4) is 11.5 Å². The summed E-state index contributed by atoms with van der Waals surface area (Å²) in [6.45, 7) is 4.59. The molecular formula is C22H25NO3. The summed E-state index contributed by atoms with van der Waals surface area (Å²) in [4.78, 5) is 14.5. The van der Waals surface area contributed by atoms with Gasteiger partial charge in [-0.3, -0.25) is 4.79 Å². The molecule has 0 saturated heterocycles. The number of benzene rings is 2. The third-order valence-electron chi connectivity index (χ3n) is 4.41. The molecule has 1 aliphatic heterocycles. The van der Waals surface area contributed by atoms with Gasteiger partial charge in [0.2, 0.25) is 0 Å². The highest BCUT2D eigenvalue weighted by Gasteiger charge is 2.21. The van der Waals surface area contributed by atoms with Crippen molar-refractivity contribution in [3.63, 3.8) is 0 Å². The van der Waals surface area contributed by atoms with Crippen LogP contribution in [0.1, 0.15) is 35.3 Å². The van der Waals surface area contributed by atoms with E-state index < -0.39 is 0 Å². The van der Waals surface area contributed by atoms with Crippen molar-refractivity contribution >= 4 is 17.5 Å². The Morgan fingerprint density at radius 1 is 1.27 bits per heavy atom. The third-order valence-corrected chi connectivity index (χ3v) is 4.41. The van der Waals surface area contributed by atoms with E-state index >= 15 is 0 Å². The van der Waals surface area contributed by atoms with Gasteiger partial charge in [-0.2, -0.15) is 0 Å². The molecule has 0 saturated carbocycles. The lowest BCUT2D eigenvalue weighted by atomic mass is 10.0. The standard InChI is InChI=1S/C22H25NO3/c1-5-25-21-14-18-12-15(2)26-22(18)13-17(21)8-11-20(24)16-6-9-19(10-7-16)23(3)4/h6-11,13-15H,5,12H2,1-4H3/b11-8+. The van der Waals surface area contributed by atoms with Crippen LogP contribution < -0.4 is 14.4 Å². The summed E-state index contributed by atoms with van der Waals surface area (Å²) in [6, 6.07) is 11.6. The van der Waals surface area contributed by atoms with Crippen molar-refractivity contribution in [1.29, 1.82) is 0 Å². The second-order valence-corrected chi connectivity index (χ2v) is 6.70. The fourth-order valence-electron chi connectivity index (χ4n) is 3.05. The molecule has 0 bridgehead atoms. The largest absolute Gasteiger partial charge is 0.493 e. The molecule has 0 radical (unpaired) electrons. The first-order valence-corrected chi connectivity index (χ1v) is 8.94. The third kappa shape index (κ3) is 3.90. The number of hydrogen-bond acceptors (Lipinski definition) is 4. The number of fused-ring (bicyclic) bond motifs is 1. The number of hydrogen-bond donors (Lipinski definition) is 0. The van der Waals surface area contributed by atoms with Gasteiger partial charge in [0.15, 0.2) is 5.78 Å². The first kappa shape index (κ1) is 18.1. The summed E-state index contributed by atoms with van der Waals surface area (Å²) in [5.74, 6) is 1.63. The highest BCUT2D eigenvalue weighted by Crippen LogP contribution is 2.35. The molecule has 3 rings (SSSR count). The van der Waals surface area contributed by atoms with Gasteiger partial charge in [0, 0.05) is 42.9 Å². The average Bonchev–Trinajstić information content (AvgIpc) is 2.98. The van der Waals surface area contributed by atoms with Crippen molar-refractivity contribution < 1.29 is 14.3 Å².